The number of ketones is 1. The molecule has 30 heavy (non-hydrogen) atoms. The molecule has 3 aromatic rings. The van der Waals surface area contributed by atoms with Crippen LogP contribution in [0.25, 0.3) is 28.2 Å². The van der Waals surface area contributed by atoms with E-state index >= 15 is 0 Å². The van der Waals surface area contributed by atoms with Gasteiger partial charge in [-0.25, -0.2) is 4.79 Å². The summed E-state index contributed by atoms with van der Waals surface area (Å²) in [5.41, 5.74) is 0.879. The van der Waals surface area contributed by atoms with Crippen LogP contribution < -0.4 is 10.4 Å². The van der Waals surface area contributed by atoms with E-state index in [1.807, 2.05) is 64.1 Å². The number of Topliss-reactive ketones (excluding diaryl/α,β-unsaturated/α-hetero) is 1. The van der Waals surface area contributed by atoms with Gasteiger partial charge in [0.2, 0.25) is 0 Å². The number of rotatable bonds is 4. The normalized spacial score (nSPS) is 15.5. The predicted molar refractivity (Wildman–Crippen MR) is 117 cm³/mol. The molecule has 5 heteroatoms. The molecule has 1 aliphatic rings. The quantitative estimate of drug-likeness (QED) is 0.454. The van der Waals surface area contributed by atoms with Crippen molar-refractivity contribution in [1.29, 1.82) is 0 Å². The van der Waals surface area contributed by atoms with E-state index in [2.05, 4.69) is 0 Å². The molecule has 0 aliphatic carbocycles. The van der Waals surface area contributed by atoms with Crippen LogP contribution in [0.5, 0.6) is 11.5 Å². The molecule has 0 radical (unpaired) electrons. The van der Waals surface area contributed by atoms with Gasteiger partial charge in [0.15, 0.2) is 11.4 Å². The van der Waals surface area contributed by atoms with Gasteiger partial charge in [0.1, 0.15) is 22.7 Å². The Bertz CT molecular complexity index is 1230. The molecule has 1 atom stereocenters. The zero-order valence-corrected chi connectivity index (χ0v) is 17.5. The lowest BCUT2D eigenvalue weighted by molar-refractivity contribution is 0.0911. The summed E-state index contributed by atoms with van der Waals surface area (Å²) in [6, 6.07) is 10.6. The molecular formula is C25H24O5. The monoisotopic (exact) mass is 404 g/mol. The predicted octanol–water partition coefficient (Wildman–Crippen LogP) is 5.58. The summed E-state index contributed by atoms with van der Waals surface area (Å²) in [7, 11) is 0. The zero-order chi connectivity index (χ0) is 21.6. The Hall–Kier alpha value is -3.34. The minimum Gasteiger partial charge on any atom is -0.506 e. The molecule has 2 aromatic carbocycles. The molecule has 0 fully saturated rings. The van der Waals surface area contributed by atoms with Crippen LogP contribution >= 0.6 is 0 Å². The topological polar surface area (TPSA) is 76.7 Å². The molecule has 1 aliphatic heterocycles. The number of hydrogen-bond donors (Lipinski definition) is 1. The number of carbonyl (C=O) groups is 1. The van der Waals surface area contributed by atoms with Crippen LogP contribution in [0, 0.1) is 5.92 Å². The van der Waals surface area contributed by atoms with Crippen molar-refractivity contribution >= 4 is 22.8 Å². The highest BCUT2D eigenvalue weighted by atomic mass is 16.5. The van der Waals surface area contributed by atoms with E-state index in [0.717, 1.165) is 5.56 Å². The lowest BCUT2D eigenvalue weighted by atomic mass is 9.88. The van der Waals surface area contributed by atoms with Gasteiger partial charge in [-0.3, -0.25) is 4.79 Å². The highest BCUT2D eigenvalue weighted by molar-refractivity contribution is 6.13. The third-order valence-corrected chi connectivity index (χ3v) is 5.56. The average molecular weight is 404 g/mol. The smallest absolute Gasteiger partial charge is 0.336 e. The summed E-state index contributed by atoms with van der Waals surface area (Å²) in [4.78, 5) is 25.7. The number of benzene rings is 2. The fraction of sp³-hybridized carbons (Fsp3) is 0.280. The fourth-order valence-electron chi connectivity index (χ4n) is 3.73. The third-order valence-electron chi connectivity index (χ3n) is 5.56. The number of phenolic OH excluding ortho intramolecular Hbond substituents is 1. The van der Waals surface area contributed by atoms with Gasteiger partial charge in [0, 0.05) is 17.5 Å². The van der Waals surface area contributed by atoms with Gasteiger partial charge in [-0.05, 0) is 38.0 Å². The number of hydrogen-bond acceptors (Lipinski definition) is 5. The molecule has 4 rings (SSSR count). The summed E-state index contributed by atoms with van der Waals surface area (Å²) in [5.74, 6) is -0.468. The van der Waals surface area contributed by atoms with Crippen molar-refractivity contribution in [3.05, 3.63) is 64.0 Å². The molecule has 0 amide bonds. The van der Waals surface area contributed by atoms with Crippen molar-refractivity contribution in [2.24, 2.45) is 5.92 Å². The minimum atomic E-state index is -0.672. The lowest BCUT2D eigenvalue weighted by Gasteiger charge is -2.30. The van der Waals surface area contributed by atoms with Gasteiger partial charge < -0.3 is 14.3 Å². The van der Waals surface area contributed by atoms with E-state index in [1.165, 1.54) is 6.07 Å². The molecule has 0 unspecified atom stereocenters. The largest absolute Gasteiger partial charge is 0.506 e. The van der Waals surface area contributed by atoms with Crippen LogP contribution in [-0.4, -0.2) is 16.5 Å². The number of carbonyl (C=O) groups excluding carboxylic acids is 1. The molecule has 1 N–H and O–H groups in total. The first kappa shape index (κ1) is 20.0. The van der Waals surface area contributed by atoms with E-state index in [1.54, 1.807) is 6.08 Å². The SMILES string of the molecule is CC[C@@H](C)C(=O)c1c2c(c3oc(=O)cc(-c4ccccc4)c3c1O)C=CC(C)(C)O2. The molecule has 0 bridgehead atoms. The standard InChI is InChI=1S/C25H24O5/c1-5-14(2)21(27)20-22(28)19-17(15-9-7-6-8-10-15)13-18(26)29-23(19)16-11-12-25(3,4)30-24(16)20/h6-14,28H,5H2,1-4H3/t14-/m1/s1. The average Bonchev–Trinajstić information content (AvgIpc) is 2.72. The van der Waals surface area contributed by atoms with Crippen LogP contribution in [0.3, 0.4) is 0 Å². The zero-order valence-electron chi connectivity index (χ0n) is 17.5. The lowest BCUT2D eigenvalue weighted by Crippen LogP contribution is -2.29. The summed E-state index contributed by atoms with van der Waals surface area (Å²) < 4.78 is 11.6. The minimum absolute atomic E-state index is 0.135. The maximum absolute atomic E-state index is 13.3. The third kappa shape index (κ3) is 3.20. The maximum Gasteiger partial charge on any atom is 0.336 e. The van der Waals surface area contributed by atoms with Gasteiger partial charge in [-0.2, -0.15) is 0 Å². The van der Waals surface area contributed by atoms with Crippen molar-refractivity contribution in [2.75, 3.05) is 0 Å². The van der Waals surface area contributed by atoms with Crippen molar-refractivity contribution in [2.45, 2.75) is 39.7 Å². The fourth-order valence-corrected chi connectivity index (χ4v) is 3.73. The first-order valence-corrected chi connectivity index (χ1v) is 10.1. The van der Waals surface area contributed by atoms with Crippen molar-refractivity contribution in [1.82, 2.24) is 0 Å². The maximum atomic E-state index is 13.3. The molecule has 0 saturated heterocycles. The molecule has 154 valence electrons. The second-order valence-electron chi connectivity index (χ2n) is 8.23. The summed E-state index contributed by atoms with van der Waals surface area (Å²) in [6.07, 6.45) is 4.27. The molecular weight excluding hydrogens is 380 g/mol. The Labute approximate surface area is 174 Å². The van der Waals surface area contributed by atoms with Crippen LogP contribution in [0.1, 0.15) is 50.0 Å². The van der Waals surface area contributed by atoms with E-state index in [9.17, 15) is 14.7 Å². The van der Waals surface area contributed by atoms with E-state index in [-0.39, 0.29) is 34.3 Å². The second kappa shape index (κ2) is 7.17. The first-order valence-electron chi connectivity index (χ1n) is 10.1. The molecule has 5 nitrogen and oxygen atoms in total. The summed E-state index contributed by atoms with van der Waals surface area (Å²) >= 11 is 0. The Morgan fingerprint density at radius 3 is 2.57 bits per heavy atom. The summed E-state index contributed by atoms with van der Waals surface area (Å²) in [5, 5.41) is 11.7. The van der Waals surface area contributed by atoms with Crippen LogP contribution in [0.15, 0.2) is 51.7 Å². The van der Waals surface area contributed by atoms with Gasteiger partial charge in [0.25, 0.3) is 0 Å². The molecule has 1 aromatic heterocycles. The Morgan fingerprint density at radius 2 is 1.90 bits per heavy atom. The van der Waals surface area contributed by atoms with Gasteiger partial charge in [0.05, 0.1) is 10.9 Å². The van der Waals surface area contributed by atoms with Crippen LogP contribution in [0.4, 0.5) is 0 Å². The number of aromatic hydroxyl groups is 1. The van der Waals surface area contributed by atoms with Crippen LogP contribution in [-0.2, 0) is 0 Å². The Morgan fingerprint density at radius 1 is 1.20 bits per heavy atom. The highest BCUT2D eigenvalue weighted by Gasteiger charge is 2.34. The highest BCUT2D eigenvalue weighted by Crippen LogP contribution is 2.48. The van der Waals surface area contributed by atoms with Crippen LogP contribution in [0.2, 0.25) is 0 Å². The Balaban J connectivity index is 2.17. The number of fused-ring (bicyclic) bond motifs is 3. The van der Waals surface area contributed by atoms with Crippen molar-refractivity contribution in [3.8, 4) is 22.6 Å². The first-order chi connectivity index (χ1) is 14.2. The summed E-state index contributed by atoms with van der Waals surface area (Å²) in [6.45, 7) is 7.47. The van der Waals surface area contributed by atoms with Gasteiger partial charge >= 0.3 is 5.63 Å². The number of phenols is 1. The second-order valence-corrected chi connectivity index (χ2v) is 8.23. The van der Waals surface area contributed by atoms with Crippen molar-refractivity contribution in [3.63, 3.8) is 0 Å². The van der Waals surface area contributed by atoms with Crippen molar-refractivity contribution < 1.29 is 19.1 Å². The van der Waals surface area contributed by atoms with Gasteiger partial charge in [-0.1, -0.05) is 44.2 Å². The Kier molecular flexibility index (Phi) is 4.77. The molecule has 0 saturated carbocycles. The number of ether oxygens (including phenoxy) is 1. The molecule has 0 spiro atoms. The molecule has 2 heterocycles. The van der Waals surface area contributed by atoms with Gasteiger partial charge in [-0.15, -0.1) is 0 Å². The van der Waals surface area contributed by atoms with E-state index in [4.69, 9.17) is 9.15 Å². The van der Waals surface area contributed by atoms with E-state index < -0.39 is 11.2 Å². The van der Waals surface area contributed by atoms with E-state index in [0.29, 0.717) is 22.9 Å².